The molecule has 0 spiro atoms. The summed E-state index contributed by atoms with van der Waals surface area (Å²) in [6.45, 7) is 0. The molecule has 2 heteroatoms. The molecular formula is C6H11N2+. The highest BCUT2D eigenvalue weighted by Gasteiger charge is 2.32. The van der Waals surface area contributed by atoms with Gasteiger partial charge in [0.05, 0.1) is 0 Å². The summed E-state index contributed by atoms with van der Waals surface area (Å²) in [5.41, 5.74) is 3.62. The Morgan fingerprint density at radius 1 is 1.38 bits per heavy atom. The molecule has 1 aliphatic carbocycles. The third kappa shape index (κ3) is 0.823. The van der Waals surface area contributed by atoms with Crippen LogP contribution < -0.4 is 5.73 Å². The lowest BCUT2D eigenvalue weighted by atomic mass is 10.0. The minimum Gasteiger partial charge on any atom is -0.341 e. The lowest BCUT2D eigenvalue weighted by molar-refractivity contribution is -0.453. The fraction of sp³-hybridized carbons (Fsp3) is 0.833. The van der Waals surface area contributed by atoms with Gasteiger partial charge < -0.3 is 5.73 Å². The van der Waals surface area contributed by atoms with Crippen molar-refractivity contribution in [3.05, 3.63) is 0 Å². The van der Waals surface area contributed by atoms with Crippen molar-refractivity contribution in [3.8, 4) is 6.07 Å². The molecule has 0 bridgehead atoms. The summed E-state index contributed by atoms with van der Waals surface area (Å²) in [5, 5.41) is 8.51. The molecule has 0 saturated heterocycles. The van der Waals surface area contributed by atoms with E-state index in [0.717, 1.165) is 12.8 Å². The molecule has 0 aromatic heterocycles. The highest BCUT2D eigenvalue weighted by molar-refractivity contribution is 5.01. The first-order valence-corrected chi connectivity index (χ1v) is 3.03. The standard InChI is InChI=1S/C6H10N2/c7-5-6(8)3-1-2-4-6/h1-4,8H2/p+1. The lowest BCUT2D eigenvalue weighted by Crippen LogP contribution is -2.70. The Kier molecular flexibility index (Phi) is 1.22. The predicted molar refractivity (Wildman–Crippen MR) is 29.7 cm³/mol. The summed E-state index contributed by atoms with van der Waals surface area (Å²) in [7, 11) is 0. The number of rotatable bonds is 0. The van der Waals surface area contributed by atoms with Crippen LogP contribution in [0.5, 0.6) is 0 Å². The minimum absolute atomic E-state index is 0.208. The molecule has 0 aromatic rings. The second kappa shape index (κ2) is 1.75. The van der Waals surface area contributed by atoms with Gasteiger partial charge in [-0.1, -0.05) is 0 Å². The van der Waals surface area contributed by atoms with E-state index >= 15 is 0 Å². The molecule has 8 heavy (non-hydrogen) atoms. The third-order valence-electron chi connectivity index (χ3n) is 1.80. The average Bonchev–Trinajstić information content (AvgIpc) is 2.17. The van der Waals surface area contributed by atoms with Crippen molar-refractivity contribution in [1.29, 1.82) is 5.26 Å². The zero-order chi connectivity index (χ0) is 6.04. The summed E-state index contributed by atoms with van der Waals surface area (Å²) in [5.74, 6) is 0. The van der Waals surface area contributed by atoms with Gasteiger partial charge >= 0.3 is 0 Å². The van der Waals surface area contributed by atoms with E-state index in [9.17, 15) is 0 Å². The molecule has 0 unspecified atom stereocenters. The summed E-state index contributed by atoms with van der Waals surface area (Å²) in [6, 6.07) is 2.23. The highest BCUT2D eigenvalue weighted by atomic mass is 14.7. The zero-order valence-corrected chi connectivity index (χ0v) is 4.98. The van der Waals surface area contributed by atoms with Crippen LogP contribution in [0.25, 0.3) is 0 Å². The van der Waals surface area contributed by atoms with E-state index < -0.39 is 0 Å². The molecule has 44 valence electrons. The first kappa shape index (κ1) is 5.58. The van der Waals surface area contributed by atoms with Gasteiger partial charge in [-0.15, -0.1) is 0 Å². The van der Waals surface area contributed by atoms with Crippen LogP contribution in [-0.2, 0) is 0 Å². The number of hydrogen-bond acceptors (Lipinski definition) is 1. The second-order valence-electron chi connectivity index (χ2n) is 2.60. The van der Waals surface area contributed by atoms with Gasteiger partial charge in [0, 0.05) is 12.8 Å². The molecular weight excluding hydrogens is 100 g/mol. The van der Waals surface area contributed by atoms with Crippen LogP contribution >= 0.6 is 0 Å². The van der Waals surface area contributed by atoms with E-state index in [0.29, 0.717) is 0 Å². The second-order valence-corrected chi connectivity index (χ2v) is 2.60. The van der Waals surface area contributed by atoms with Crippen LogP contribution in [0.2, 0.25) is 0 Å². The molecule has 1 aliphatic rings. The van der Waals surface area contributed by atoms with Gasteiger partial charge in [0.15, 0.2) is 5.54 Å². The van der Waals surface area contributed by atoms with Gasteiger partial charge in [0.2, 0.25) is 0 Å². The largest absolute Gasteiger partial charge is 0.341 e. The van der Waals surface area contributed by atoms with Crippen LogP contribution in [0.15, 0.2) is 0 Å². The van der Waals surface area contributed by atoms with Crippen molar-refractivity contribution in [2.24, 2.45) is 0 Å². The Morgan fingerprint density at radius 2 is 1.88 bits per heavy atom. The van der Waals surface area contributed by atoms with Gasteiger partial charge in [-0.3, -0.25) is 0 Å². The quantitative estimate of drug-likeness (QED) is 0.472. The zero-order valence-electron chi connectivity index (χ0n) is 4.98. The van der Waals surface area contributed by atoms with Crippen molar-refractivity contribution >= 4 is 0 Å². The van der Waals surface area contributed by atoms with Gasteiger partial charge in [0.1, 0.15) is 6.07 Å². The fourth-order valence-electron chi connectivity index (χ4n) is 1.16. The Balaban J connectivity index is 2.56. The van der Waals surface area contributed by atoms with Crippen LogP contribution in [0.1, 0.15) is 25.7 Å². The molecule has 0 atom stereocenters. The molecule has 1 rings (SSSR count). The van der Waals surface area contributed by atoms with Crippen LogP contribution in [0, 0.1) is 11.3 Å². The Bertz CT molecular complexity index is 117. The number of quaternary nitrogens is 1. The van der Waals surface area contributed by atoms with Crippen LogP contribution in [0.4, 0.5) is 0 Å². The monoisotopic (exact) mass is 111 g/mol. The van der Waals surface area contributed by atoms with E-state index in [-0.39, 0.29) is 5.54 Å². The van der Waals surface area contributed by atoms with E-state index in [2.05, 4.69) is 11.8 Å². The SMILES string of the molecule is N#CC1([NH3+])CCCC1. The molecule has 1 saturated carbocycles. The first-order valence-electron chi connectivity index (χ1n) is 3.03. The highest BCUT2D eigenvalue weighted by Crippen LogP contribution is 2.23. The summed E-state index contributed by atoms with van der Waals surface area (Å²) in [6.07, 6.45) is 4.39. The molecule has 3 N–H and O–H groups in total. The minimum atomic E-state index is -0.208. The van der Waals surface area contributed by atoms with Crippen molar-refractivity contribution in [3.63, 3.8) is 0 Å². The van der Waals surface area contributed by atoms with Gasteiger partial charge in [-0.2, -0.15) is 5.26 Å². The molecule has 2 nitrogen and oxygen atoms in total. The normalized spacial score (nSPS) is 25.0. The van der Waals surface area contributed by atoms with E-state index in [1.165, 1.54) is 12.8 Å². The summed E-state index contributed by atoms with van der Waals surface area (Å²) < 4.78 is 0. The van der Waals surface area contributed by atoms with Crippen molar-refractivity contribution < 1.29 is 5.73 Å². The van der Waals surface area contributed by atoms with Crippen molar-refractivity contribution in [2.75, 3.05) is 0 Å². The Hall–Kier alpha value is -0.550. The van der Waals surface area contributed by atoms with Crippen LogP contribution in [-0.4, -0.2) is 5.54 Å². The Labute approximate surface area is 49.3 Å². The molecule has 0 radical (unpaired) electrons. The molecule has 0 aliphatic heterocycles. The average molecular weight is 111 g/mol. The Morgan fingerprint density at radius 3 is 2.12 bits per heavy atom. The number of hydrogen-bond donors (Lipinski definition) is 1. The van der Waals surface area contributed by atoms with E-state index in [1.54, 1.807) is 0 Å². The lowest BCUT2D eigenvalue weighted by Gasteiger charge is -2.05. The van der Waals surface area contributed by atoms with E-state index in [4.69, 9.17) is 5.26 Å². The molecule has 0 aromatic carbocycles. The van der Waals surface area contributed by atoms with Gasteiger partial charge in [0.25, 0.3) is 0 Å². The maximum absolute atomic E-state index is 8.51. The predicted octanol–water partition coefficient (Wildman–Crippen LogP) is 0.0647. The number of nitriles is 1. The first-order chi connectivity index (χ1) is 3.77. The third-order valence-corrected chi connectivity index (χ3v) is 1.80. The van der Waals surface area contributed by atoms with Crippen LogP contribution in [0.3, 0.4) is 0 Å². The van der Waals surface area contributed by atoms with E-state index in [1.807, 2.05) is 0 Å². The fourth-order valence-corrected chi connectivity index (χ4v) is 1.16. The maximum atomic E-state index is 8.51. The molecule has 0 heterocycles. The smallest absolute Gasteiger partial charge is 0.181 e. The van der Waals surface area contributed by atoms with Crippen molar-refractivity contribution in [2.45, 2.75) is 31.2 Å². The molecule has 0 amide bonds. The number of nitrogens with zero attached hydrogens (tertiary/aromatic N) is 1. The van der Waals surface area contributed by atoms with Crippen molar-refractivity contribution in [1.82, 2.24) is 0 Å². The molecule has 1 fully saturated rings. The maximum Gasteiger partial charge on any atom is 0.181 e. The summed E-state index contributed by atoms with van der Waals surface area (Å²) in [4.78, 5) is 0. The van der Waals surface area contributed by atoms with Gasteiger partial charge in [-0.25, -0.2) is 0 Å². The topological polar surface area (TPSA) is 51.4 Å². The summed E-state index contributed by atoms with van der Waals surface area (Å²) >= 11 is 0. The van der Waals surface area contributed by atoms with Gasteiger partial charge in [-0.05, 0) is 12.8 Å².